The van der Waals surface area contributed by atoms with E-state index >= 15 is 0 Å². The molecule has 5 fully saturated rings. The van der Waals surface area contributed by atoms with E-state index in [4.69, 9.17) is 9.47 Å². The average Bonchev–Trinajstić information content (AvgIpc) is 3.10. The molecule has 4 aliphatic carbocycles. The Morgan fingerprint density at radius 2 is 1.77 bits per heavy atom. The average molecular weight is 497 g/mol. The maximum atomic E-state index is 13.7. The fourth-order valence-corrected chi connectivity index (χ4v) is 8.89. The molecule has 198 valence electrons. The topological polar surface area (TPSA) is 157 Å². The highest BCUT2D eigenvalue weighted by atomic mass is 16.7. The summed E-state index contributed by atoms with van der Waals surface area (Å²) in [4.78, 5) is 13.7. The van der Waals surface area contributed by atoms with Gasteiger partial charge < -0.3 is 40.1 Å². The lowest BCUT2D eigenvalue weighted by molar-refractivity contribution is -0.300. The van der Waals surface area contributed by atoms with E-state index in [0.717, 1.165) is 37.7 Å². The van der Waals surface area contributed by atoms with Crippen LogP contribution in [0.15, 0.2) is 12.2 Å². The van der Waals surface area contributed by atoms with Crippen molar-refractivity contribution in [3.05, 3.63) is 12.2 Å². The fraction of sp³-hybridized carbons (Fsp3) is 0.885. The van der Waals surface area contributed by atoms with Gasteiger partial charge in [0, 0.05) is 5.92 Å². The maximum absolute atomic E-state index is 13.7. The summed E-state index contributed by atoms with van der Waals surface area (Å²) >= 11 is 0. The number of aliphatic hydroxyl groups excluding tert-OH is 6. The smallest absolute Gasteiger partial charge is 0.317 e. The van der Waals surface area contributed by atoms with Crippen molar-refractivity contribution in [1.82, 2.24) is 0 Å². The molecule has 0 aromatic heterocycles. The van der Waals surface area contributed by atoms with E-state index in [9.17, 15) is 35.4 Å². The van der Waals surface area contributed by atoms with Crippen molar-refractivity contribution < 1.29 is 44.9 Å². The molecule has 13 atom stereocenters. The molecule has 1 saturated heterocycles. The zero-order chi connectivity index (χ0) is 25.5. The predicted molar refractivity (Wildman–Crippen MR) is 122 cm³/mol. The molecule has 0 amide bonds. The lowest BCUT2D eigenvalue weighted by Crippen LogP contribution is -2.64. The number of ether oxygens (including phenoxy) is 2. The van der Waals surface area contributed by atoms with Gasteiger partial charge in [-0.25, -0.2) is 0 Å². The number of carbonyl (C=O) groups is 1. The first kappa shape index (κ1) is 25.6. The Morgan fingerprint density at radius 1 is 1.06 bits per heavy atom. The van der Waals surface area contributed by atoms with Crippen molar-refractivity contribution in [2.45, 2.75) is 102 Å². The number of hydrogen-bond acceptors (Lipinski definition) is 9. The first-order valence-corrected chi connectivity index (χ1v) is 12.9. The minimum atomic E-state index is -1.70. The molecule has 0 radical (unpaired) electrons. The lowest BCUT2D eigenvalue weighted by Gasteiger charge is -2.64. The Bertz CT molecular complexity index is 877. The van der Waals surface area contributed by atoms with E-state index in [1.165, 1.54) is 0 Å². The van der Waals surface area contributed by atoms with E-state index < -0.39 is 60.9 Å². The van der Waals surface area contributed by atoms with Crippen molar-refractivity contribution >= 4 is 5.97 Å². The summed E-state index contributed by atoms with van der Waals surface area (Å²) in [6, 6.07) is 0. The molecule has 0 aromatic carbocycles. The van der Waals surface area contributed by atoms with Crippen LogP contribution in [0.4, 0.5) is 0 Å². The molecule has 1 aliphatic heterocycles. The Labute approximate surface area is 205 Å². The summed E-state index contributed by atoms with van der Waals surface area (Å²) in [7, 11) is 0. The Hall–Kier alpha value is -1.07. The van der Waals surface area contributed by atoms with E-state index in [-0.39, 0.29) is 28.6 Å². The highest BCUT2D eigenvalue weighted by molar-refractivity contribution is 5.78. The van der Waals surface area contributed by atoms with Gasteiger partial charge in [0.2, 0.25) is 6.29 Å². The molecule has 1 heterocycles. The maximum Gasteiger partial charge on any atom is 0.317 e. The molecule has 35 heavy (non-hydrogen) atoms. The third kappa shape index (κ3) is 3.50. The number of hydrogen-bond donors (Lipinski definition) is 6. The summed E-state index contributed by atoms with van der Waals surface area (Å²) in [5, 5.41) is 62.1. The van der Waals surface area contributed by atoms with Crippen molar-refractivity contribution in [3.8, 4) is 0 Å². The quantitative estimate of drug-likeness (QED) is 0.238. The second-order valence-electron chi connectivity index (χ2n) is 12.4. The normalized spacial score (nSPS) is 55.7. The van der Waals surface area contributed by atoms with Gasteiger partial charge in [0.15, 0.2) is 0 Å². The Kier molecular flexibility index (Phi) is 6.19. The molecule has 6 N–H and O–H groups in total. The second-order valence-corrected chi connectivity index (χ2v) is 12.4. The van der Waals surface area contributed by atoms with Gasteiger partial charge >= 0.3 is 5.97 Å². The van der Waals surface area contributed by atoms with Crippen molar-refractivity contribution in [3.63, 3.8) is 0 Å². The van der Waals surface area contributed by atoms with Gasteiger partial charge in [0.25, 0.3) is 0 Å². The minimum absolute atomic E-state index is 0.0661. The van der Waals surface area contributed by atoms with E-state index in [0.29, 0.717) is 12.8 Å². The molecular formula is C26H40O9. The Morgan fingerprint density at radius 3 is 2.46 bits per heavy atom. The zero-order valence-electron chi connectivity index (χ0n) is 20.5. The number of carbonyl (C=O) groups excluding carboxylic acids is 1. The van der Waals surface area contributed by atoms with Gasteiger partial charge in [-0.05, 0) is 74.5 Å². The number of fused-ring (bicyclic) bond motifs is 3. The van der Waals surface area contributed by atoms with Crippen LogP contribution in [-0.2, 0) is 14.3 Å². The highest BCUT2D eigenvalue weighted by Crippen LogP contribution is 2.72. The summed E-state index contributed by atoms with van der Waals surface area (Å²) in [5.41, 5.74) is -0.402. The third-order valence-electron chi connectivity index (χ3n) is 10.8. The first-order chi connectivity index (χ1) is 16.4. The van der Waals surface area contributed by atoms with Crippen LogP contribution in [0.1, 0.15) is 58.8 Å². The van der Waals surface area contributed by atoms with Crippen molar-refractivity contribution in [2.75, 3.05) is 6.61 Å². The number of aliphatic hydroxyl groups is 6. The predicted octanol–water partition coefficient (Wildman–Crippen LogP) is 0.240. The number of esters is 1. The second kappa shape index (κ2) is 8.48. The first-order valence-electron chi connectivity index (χ1n) is 12.9. The van der Waals surface area contributed by atoms with Crippen LogP contribution < -0.4 is 0 Å². The van der Waals surface area contributed by atoms with Crippen LogP contribution in [0.3, 0.4) is 0 Å². The van der Waals surface area contributed by atoms with Crippen LogP contribution in [0, 0.1) is 34.0 Å². The number of rotatable bonds is 3. The largest absolute Gasteiger partial charge is 0.432 e. The molecule has 9 nitrogen and oxygen atoms in total. The fourth-order valence-electron chi connectivity index (χ4n) is 8.89. The van der Waals surface area contributed by atoms with E-state index in [1.807, 2.05) is 0 Å². The molecule has 4 saturated carbocycles. The summed E-state index contributed by atoms with van der Waals surface area (Å²) in [5.74, 6) is -0.620. The van der Waals surface area contributed by atoms with Crippen LogP contribution in [0.5, 0.6) is 0 Å². The van der Waals surface area contributed by atoms with Crippen LogP contribution in [0.25, 0.3) is 0 Å². The van der Waals surface area contributed by atoms with Crippen LogP contribution in [-0.4, -0.2) is 86.1 Å². The molecule has 5 rings (SSSR count). The molecule has 0 aromatic rings. The molecule has 1 spiro atoms. The summed E-state index contributed by atoms with van der Waals surface area (Å²) in [6.07, 6.45) is -3.87. The van der Waals surface area contributed by atoms with Gasteiger partial charge in [-0.2, -0.15) is 0 Å². The minimum Gasteiger partial charge on any atom is -0.432 e. The molecule has 5 aliphatic rings. The highest BCUT2D eigenvalue weighted by Gasteiger charge is 2.68. The van der Waals surface area contributed by atoms with Gasteiger partial charge in [0.1, 0.15) is 24.4 Å². The Balaban J connectivity index is 1.43. The monoisotopic (exact) mass is 496 g/mol. The molecular weight excluding hydrogens is 456 g/mol. The van der Waals surface area contributed by atoms with Gasteiger partial charge in [-0.1, -0.05) is 19.1 Å². The van der Waals surface area contributed by atoms with Crippen molar-refractivity contribution in [1.29, 1.82) is 0 Å². The summed E-state index contributed by atoms with van der Waals surface area (Å²) < 4.78 is 11.0. The molecule has 9 heteroatoms. The zero-order valence-corrected chi connectivity index (χ0v) is 20.5. The van der Waals surface area contributed by atoms with Crippen LogP contribution >= 0.6 is 0 Å². The standard InChI is InChI=1S/C26H40O9/c1-12-9-26-7-4-16-24(2,17(26)8-14(28)13(12)10-26)6-5-18(29)25(16,3)23(33)35-22-21(32)20(31)19(30)15(11-27)34-22/h13-22,27-32H,1,4-11H2,2-3H3/t13-,14+,15+,16-,17-,18+,19+,20-,21+,22-,24+,25-,26+/m0/s1. The molecule has 2 bridgehead atoms. The van der Waals surface area contributed by atoms with Gasteiger partial charge in [-0.15, -0.1) is 0 Å². The van der Waals surface area contributed by atoms with Crippen molar-refractivity contribution in [2.24, 2.45) is 34.0 Å². The third-order valence-corrected chi connectivity index (χ3v) is 10.8. The van der Waals surface area contributed by atoms with E-state index in [1.54, 1.807) is 6.92 Å². The lowest BCUT2D eigenvalue weighted by atomic mass is 9.40. The van der Waals surface area contributed by atoms with Gasteiger partial charge in [-0.3, -0.25) is 4.79 Å². The molecule has 0 unspecified atom stereocenters. The van der Waals surface area contributed by atoms with Crippen LogP contribution in [0.2, 0.25) is 0 Å². The SMILES string of the molecule is C=C1C[C@@]23CC[C@H]4[C@@](C)(CC[C@@H](O)[C@@]4(C)C(=O)O[C@@H]4O[C@H](CO)[C@@H](O)[C@H](O)[C@H]4O)[C@@H]2C[C@@H](O)[C@H]1C3. The van der Waals surface area contributed by atoms with E-state index in [2.05, 4.69) is 13.5 Å². The summed E-state index contributed by atoms with van der Waals surface area (Å²) in [6.45, 7) is 7.52. The van der Waals surface area contributed by atoms with Gasteiger partial charge in [0.05, 0.1) is 24.2 Å².